The van der Waals surface area contributed by atoms with Crippen LogP contribution in [0, 0.1) is 0 Å². The number of carbonyl (C=O) groups excluding carboxylic acids is 2. The molecule has 0 spiro atoms. The van der Waals surface area contributed by atoms with Crippen LogP contribution in [0.5, 0.6) is 5.75 Å². The average Bonchev–Trinajstić information content (AvgIpc) is 2.38. The largest absolute Gasteiger partial charge is 0.497 e. The van der Waals surface area contributed by atoms with Crippen LogP contribution in [0.4, 0.5) is 0 Å². The Kier molecular flexibility index (Phi) is 5.85. The first kappa shape index (κ1) is 15.0. The third-order valence-corrected chi connectivity index (χ3v) is 2.57. The lowest BCUT2D eigenvalue weighted by Gasteiger charge is -2.17. The van der Waals surface area contributed by atoms with Crippen LogP contribution in [-0.2, 0) is 14.3 Å². The van der Waals surface area contributed by atoms with Crippen LogP contribution in [0.25, 0.3) is 0 Å². The van der Waals surface area contributed by atoms with E-state index >= 15 is 0 Å². The number of esters is 1. The normalized spacial score (nSPS) is 11.5. The van der Waals surface area contributed by atoms with Gasteiger partial charge in [0.15, 0.2) is 0 Å². The first-order chi connectivity index (χ1) is 9.06. The molecule has 1 unspecified atom stereocenters. The maximum Gasteiger partial charge on any atom is 0.308 e. The zero-order valence-electron chi connectivity index (χ0n) is 11.4. The highest BCUT2D eigenvalue weighted by Gasteiger charge is 2.17. The van der Waals surface area contributed by atoms with Crippen molar-refractivity contribution < 1.29 is 19.1 Å². The summed E-state index contributed by atoms with van der Waals surface area (Å²) in [6.07, 6.45) is 0.111. The Hall–Kier alpha value is -2.04. The second-order valence-corrected chi connectivity index (χ2v) is 4.04. The number of rotatable bonds is 6. The predicted molar refractivity (Wildman–Crippen MR) is 70.8 cm³/mol. The van der Waals surface area contributed by atoms with Crippen LogP contribution in [0.1, 0.15) is 31.9 Å². The molecular weight excluding hydrogens is 246 g/mol. The second kappa shape index (κ2) is 7.41. The topological polar surface area (TPSA) is 64.6 Å². The standard InChI is InChI=1S/C14H19NO4/c1-4-19-14(17)9-13(15-10(2)16)11-5-7-12(18-3)8-6-11/h5-8,13H,4,9H2,1-3H3,(H,15,16). The summed E-state index contributed by atoms with van der Waals surface area (Å²) in [7, 11) is 1.58. The summed E-state index contributed by atoms with van der Waals surface area (Å²) in [6.45, 7) is 3.49. The second-order valence-electron chi connectivity index (χ2n) is 4.04. The molecule has 0 aliphatic carbocycles. The molecule has 1 aromatic rings. The molecule has 1 atom stereocenters. The van der Waals surface area contributed by atoms with E-state index < -0.39 is 0 Å². The van der Waals surface area contributed by atoms with Crippen molar-refractivity contribution in [2.75, 3.05) is 13.7 Å². The Morgan fingerprint density at radius 2 is 1.89 bits per heavy atom. The Balaban J connectivity index is 2.82. The zero-order chi connectivity index (χ0) is 14.3. The van der Waals surface area contributed by atoms with Crippen molar-refractivity contribution in [1.82, 2.24) is 5.32 Å². The van der Waals surface area contributed by atoms with Gasteiger partial charge in [0, 0.05) is 6.92 Å². The van der Waals surface area contributed by atoms with Gasteiger partial charge in [0.1, 0.15) is 5.75 Å². The highest BCUT2D eigenvalue weighted by atomic mass is 16.5. The molecule has 0 bridgehead atoms. The molecule has 5 heteroatoms. The molecule has 0 aliphatic rings. The van der Waals surface area contributed by atoms with Gasteiger partial charge >= 0.3 is 5.97 Å². The molecule has 5 nitrogen and oxygen atoms in total. The van der Waals surface area contributed by atoms with E-state index in [4.69, 9.17) is 9.47 Å². The van der Waals surface area contributed by atoms with Gasteiger partial charge in [-0.3, -0.25) is 9.59 Å². The number of hydrogen-bond acceptors (Lipinski definition) is 4. The van der Waals surface area contributed by atoms with Crippen LogP contribution >= 0.6 is 0 Å². The summed E-state index contributed by atoms with van der Waals surface area (Å²) in [5.41, 5.74) is 0.837. The molecule has 1 aromatic carbocycles. The summed E-state index contributed by atoms with van der Waals surface area (Å²) in [6, 6.07) is 6.82. The van der Waals surface area contributed by atoms with Crippen molar-refractivity contribution in [2.24, 2.45) is 0 Å². The SMILES string of the molecule is CCOC(=O)CC(NC(C)=O)c1ccc(OC)cc1. The van der Waals surface area contributed by atoms with Crippen molar-refractivity contribution in [2.45, 2.75) is 26.3 Å². The summed E-state index contributed by atoms with van der Waals surface area (Å²) in [5, 5.41) is 2.74. The fourth-order valence-electron chi connectivity index (χ4n) is 1.72. The van der Waals surface area contributed by atoms with E-state index in [2.05, 4.69) is 5.32 Å². The van der Waals surface area contributed by atoms with E-state index in [1.165, 1.54) is 6.92 Å². The average molecular weight is 265 g/mol. The number of amides is 1. The molecule has 0 aromatic heterocycles. The number of hydrogen-bond donors (Lipinski definition) is 1. The lowest BCUT2D eigenvalue weighted by atomic mass is 10.0. The van der Waals surface area contributed by atoms with Crippen LogP contribution in [0.2, 0.25) is 0 Å². The van der Waals surface area contributed by atoms with E-state index in [0.29, 0.717) is 6.61 Å². The summed E-state index contributed by atoms with van der Waals surface area (Å²) in [5.74, 6) is 0.198. The molecule has 0 radical (unpaired) electrons. The molecule has 0 fully saturated rings. The first-order valence-electron chi connectivity index (χ1n) is 6.13. The number of benzene rings is 1. The summed E-state index contributed by atoms with van der Waals surface area (Å²) >= 11 is 0. The Morgan fingerprint density at radius 1 is 1.26 bits per heavy atom. The number of carbonyl (C=O) groups is 2. The zero-order valence-corrected chi connectivity index (χ0v) is 11.4. The predicted octanol–water partition coefficient (Wildman–Crippen LogP) is 1.83. The van der Waals surface area contributed by atoms with E-state index in [0.717, 1.165) is 11.3 Å². The van der Waals surface area contributed by atoms with Gasteiger partial charge in [-0.1, -0.05) is 12.1 Å². The number of ether oxygens (including phenoxy) is 2. The van der Waals surface area contributed by atoms with Gasteiger partial charge < -0.3 is 14.8 Å². The smallest absolute Gasteiger partial charge is 0.308 e. The maximum atomic E-state index is 11.5. The fourth-order valence-corrected chi connectivity index (χ4v) is 1.72. The molecule has 0 saturated carbocycles. The Labute approximate surface area is 112 Å². The first-order valence-corrected chi connectivity index (χ1v) is 6.13. The van der Waals surface area contributed by atoms with Crippen molar-refractivity contribution >= 4 is 11.9 Å². The van der Waals surface area contributed by atoms with E-state index in [9.17, 15) is 9.59 Å². The van der Waals surface area contributed by atoms with Gasteiger partial charge in [0.05, 0.1) is 26.2 Å². The molecular formula is C14H19NO4. The van der Waals surface area contributed by atoms with Gasteiger partial charge in [-0.25, -0.2) is 0 Å². The molecule has 1 N–H and O–H groups in total. The quantitative estimate of drug-likeness (QED) is 0.797. The Bertz CT molecular complexity index is 428. The third-order valence-electron chi connectivity index (χ3n) is 2.57. The minimum absolute atomic E-state index is 0.111. The monoisotopic (exact) mass is 265 g/mol. The number of nitrogens with one attached hydrogen (secondary N) is 1. The summed E-state index contributed by atoms with van der Waals surface area (Å²) in [4.78, 5) is 22.7. The molecule has 0 heterocycles. The molecule has 104 valence electrons. The van der Waals surface area contributed by atoms with Crippen LogP contribution in [-0.4, -0.2) is 25.6 Å². The molecule has 0 saturated heterocycles. The molecule has 1 amide bonds. The molecule has 0 aliphatic heterocycles. The summed E-state index contributed by atoms with van der Waals surface area (Å²) < 4.78 is 9.98. The minimum Gasteiger partial charge on any atom is -0.497 e. The van der Waals surface area contributed by atoms with Crippen LogP contribution in [0.3, 0.4) is 0 Å². The minimum atomic E-state index is -0.387. The fraction of sp³-hybridized carbons (Fsp3) is 0.429. The van der Waals surface area contributed by atoms with Crippen molar-refractivity contribution in [3.63, 3.8) is 0 Å². The van der Waals surface area contributed by atoms with E-state index in [1.807, 2.05) is 12.1 Å². The van der Waals surface area contributed by atoms with Gasteiger partial charge in [0.2, 0.25) is 5.91 Å². The van der Waals surface area contributed by atoms with Gasteiger partial charge in [-0.05, 0) is 24.6 Å². The molecule has 1 rings (SSSR count). The van der Waals surface area contributed by atoms with Gasteiger partial charge in [-0.15, -0.1) is 0 Å². The van der Waals surface area contributed by atoms with E-state index in [-0.39, 0.29) is 24.3 Å². The highest BCUT2D eigenvalue weighted by Crippen LogP contribution is 2.20. The van der Waals surface area contributed by atoms with Gasteiger partial charge in [-0.2, -0.15) is 0 Å². The highest BCUT2D eigenvalue weighted by molar-refractivity contribution is 5.76. The number of methoxy groups -OCH3 is 1. The Morgan fingerprint density at radius 3 is 2.37 bits per heavy atom. The van der Waals surface area contributed by atoms with Gasteiger partial charge in [0.25, 0.3) is 0 Å². The lowest BCUT2D eigenvalue weighted by Crippen LogP contribution is -2.28. The van der Waals surface area contributed by atoms with Crippen molar-refractivity contribution in [1.29, 1.82) is 0 Å². The van der Waals surface area contributed by atoms with Crippen molar-refractivity contribution in [3.8, 4) is 5.75 Å². The third kappa shape index (κ3) is 4.99. The van der Waals surface area contributed by atoms with Crippen LogP contribution in [0.15, 0.2) is 24.3 Å². The maximum absolute atomic E-state index is 11.5. The van der Waals surface area contributed by atoms with E-state index in [1.54, 1.807) is 26.2 Å². The van der Waals surface area contributed by atoms with Crippen LogP contribution < -0.4 is 10.1 Å². The molecule has 19 heavy (non-hydrogen) atoms. The van der Waals surface area contributed by atoms with Crippen molar-refractivity contribution in [3.05, 3.63) is 29.8 Å². The lowest BCUT2D eigenvalue weighted by molar-refractivity contribution is -0.143.